The Bertz CT molecular complexity index is 372. The maximum absolute atomic E-state index is 10.8. The van der Waals surface area contributed by atoms with Crippen LogP contribution in [0.1, 0.15) is 18.4 Å². The molecular weight excluding hydrogens is 204 g/mol. The van der Waals surface area contributed by atoms with Crippen molar-refractivity contribution in [1.29, 1.82) is 0 Å². The Kier molecular flexibility index (Phi) is 2.83. The van der Waals surface area contributed by atoms with Crippen molar-refractivity contribution in [2.24, 2.45) is 0 Å². The first-order valence-electron chi connectivity index (χ1n) is 5.40. The van der Waals surface area contributed by atoms with Crippen LogP contribution < -0.4 is 10.6 Å². The first-order chi connectivity index (χ1) is 7.66. The van der Waals surface area contributed by atoms with Crippen molar-refractivity contribution in [2.45, 2.75) is 24.4 Å². The second kappa shape index (κ2) is 4.14. The highest BCUT2D eigenvalue weighted by molar-refractivity contribution is 5.66. The van der Waals surface area contributed by atoms with Gasteiger partial charge in [-0.25, -0.2) is 4.79 Å². The van der Waals surface area contributed by atoms with Gasteiger partial charge in [-0.1, -0.05) is 30.3 Å². The molecule has 1 aromatic rings. The fourth-order valence-corrected chi connectivity index (χ4v) is 2.36. The first kappa shape index (κ1) is 11.0. The summed E-state index contributed by atoms with van der Waals surface area (Å²) in [6.45, 7) is 0. The molecule has 16 heavy (non-hydrogen) atoms. The molecule has 1 saturated carbocycles. The van der Waals surface area contributed by atoms with E-state index < -0.39 is 11.6 Å². The molecule has 0 aliphatic heterocycles. The Morgan fingerprint density at radius 2 is 2.00 bits per heavy atom. The standard InChI is InChI=1S/C12H16N2O2/c1-13-10-7-12(8-10,14-11(15)16)9-5-3-2-4-6-9/h2-6,10,13-14H,7-8H2,1H3,(H,15,16). The molecule has 4 heteroatoms. The summed E-state index contributed by atoms with van der Waals surface area (Å²) in [7, 11) is 1.90. The minimum atomic E-state index is -0.960. The lowest BCUT2D eigenvalue weighted by Crippen LogP contribution is -2.59. The van der Waals surface area contributed by atoms with Gasteiger partial charge in [-0.05, 0) is 25.5 Å². The average Bonchev–Trinajstić information content (AvgIpc) is 2.23. The Balaban J connectivity index is 2.20. The van der Waals surface area contributed by atoms with Gasteiger partial charge in [0.2, 0.25) is 0 Å². The Labute approximate surface area is 94.7 Å². The minimum absolute atomic E-state index is 0.395. The van der Waals surface area contributed by atoms with Crippen molar-refractivity contribution < 1.29 is 9.90 Å². The van der Waals surface area contributed by atoms with Crippen molar-refractivity contribution in [3.8, 4) is 0 Å². The minimum Gasteiger partial charge on any atom is -0.465 e. The van der Waals surface area contributed by atoms with Crippen LogP contribution in [0.25, 0.3) is 0 Å². The van der Waals surface area contributed by atoms with E-state index >= 15 is 0 Å². The van der Waals surface area contributed by atoms with Crippen molar-refractivity contribution in [3.63, 3.8) is 0 Å². The number of amides is 1. The van der Waals surface area contributed by atoms with Crippen LogP contribution in [-0.4, -0.2) is 24.3 Å². The van der Waals surface area contributed by atoms with Crippen LogP contribution in [0, 0.1) is 0 Å². The van der Waals surface area contributed by atoms with Gasteiger partial charge in [0.15, 0.2) is 0 Å². The fraction of sp³-hybridized carbons (Fsp3) is 0.417. The third-order valence-electron chi connectivity index (χ3n) is 3.27. The zero-order valence-corrected chi connectivity index (χ0v) is 9.23. The molecule has 0 atom stereocenters. The van der Waals surface area contributed by atoms with Crippen molar-refractivity contribution in [2.75, 3.05) is 7.05 Å². The third kappa shape index (κ3) is 1.88. The molecule has 0 saturated heterocycles. The Hall–Kier alpha value is -1.55. The van der Waals surface area contributed by atoms with E-state index in [-0.39, 0.29) is 0 Å². The number of benzene rings is 1. The molecule has 1 fully saturated rings. The van der Waals surface area contributed by atoms with Gasteiger partial charge < -0.3 is 15.7 Å². The summed E-state index contributed by atoms with van der Waals surface area (Å²) < 4.78 is 0. The number of rotatable bonds is 3. The summed E-state index contributed by atoms with van der Waals surface area (Å²) >= 11 is 0. The summed E-state index contributed by atoms with van der Waals surface area (Å²) in [6.07, 6.45) is 0.651. The predicted octanol–water partition coefficient (Wildman–Crippen LogP) is 1.53. The summed E-state index contributed by atoms with van der Waals surface area (Å²) in [4.78, 5) is 10.8. The number of nitrogens with one attached hydrogen (secondary N) is 2. The van der Waals surface area contributed by atoms with Gasteiger partial charge in [0.1, 0.15) is 0 Å². The van der Waals surface area contributed by atoms with E-state index in [0.29, 0.717) is 6.04 Å². The molecule has 1 amide bonds. The fourth-order valence-electron chi connectivity index (χ4n) is 2.36. The van der Waals surface area contributed by atoms with Gasteiger partial charge in [0.05, 0.1) is 5.54 Å². The molecule has 2 rings (SSSR count). The van der Waals surface area contributed by atoms with Crippen LogP contribution in [0.2, 0.25) is 0 Å². The number of carboxylic acid groups (broad SMARTS) is 1. The average molecular weight is 220 g/mol. The molecule has 0 aromatic heterocycles. The summed E-state index contributed by atoms with van der Waals surface area (Å²) in [5, 5.41) is 14.7. The van der Waals surface area contributed by atoms with Gasteiger partial charge in [-0.2, -0.15) is 0 Å². The lowest BCUT2D eigenvalue weighted by molar-refractivity contribution is 0.118. The third-order valence-corrected chi connectivity index (χ3v) is 3.27. The molecule has 4 nitrogen and oxygen atoms in total. The van der Waals surface area contributed by atoms with Gasteiger partial charge in [-0.15, -0.1) is 0 Å². The molecule has 0 bridgehead atoms. The van der Waals surface area contributed by atoms with E-state index in [4.69, 9.17) is 5.11 Å². The Morgan fingerprint density at radius 3 is 2.50 bits per heavy atom. The maximum atomic E-state index is 10.8. The molecule has 1 aromatic carbocycles. The zero-order chi connectivity index (χ0) is 11.6. The lowest BCUT2D eigenvalue weighted by atomic mass is 9.68. The monoisotopic (exact) mass is 220 g/mol. The molecule has 3 N–H and O–H groups in total. The lowest BCUT2D eigenvalue weighted by Gasteiger charge is -2.47. The highest BCUT2D eigenvalue weighted by Gasteiger charge is 2.46. The van der Waals surface area contributed by atoms with E-state index in [9.17, 15) is 4.79 Å². The molecule has 0 radical (unpaired) electrons. The molecule has 1 aliphatic rings. The van der Waals surface area contributed by atoms with Crippen molar-refractivity contribution >= 4 is 6.09 Å². The largest absolute Gasteiger partial charge is 0.465 e. The van der Waals surface area contributed by atoms with E-state index in [2.05, 4.69) is 10.6 Å². The first-order valence-corrected chi connectivity index (χ1v) is 5.40. The SMILES string of the molecule is CNC1CC(NC(=O)O)(c2ccccc2)C1. The van der Waals surface area contributed by atoms with E-state index in [1.165, 1.54) is 0 Å². The van der Waals surface area contributed by atoms with E-state index in [1.54, 1.807) is 0 Å². The van der Waals surface area contributed by atoms with Crippen LogP contribution in [0.5, 0.6) is 0 Å². The van der Waals surface area contributed by atoms with Crippen LogP contribution in [0.4, 0.5) is 4.79 Å². The summed E-state index contributed by atoms with van der Waals surface area (Å²) in [6, 6.07) is 10.2. The number of hydrogen-bond donors (Lipinski definition) is 3. The zero-order valence-electron chi connectivity index (χ0n) is 9.23. The van der Waals surface area contributed by atoms with E-state index in [0.717, 1.165) is 18.4 Å². The van der Waals surface area contributed by atoms with Crippen LogP contribution in [0.3, 0.4) is 0 Å². The van der Waals surface area contributed by atoms with Gasteiger partial charge in [0.25, 0.3) is 0 Å². The highest BCUT2D eigenvalue weighted by atomic mass is 16.4. The van der Waals surface area contributed by atoms with Crippen LogP contribution in [-0.2, 0) is 5.54 Å². The quantitative estimate of drug-likeness (QED) is 0.724. The molecule has 0 heterocycles. The second-order valence-corrected chi connectivity index (χ2v) is 4.27. The van der Waals surface area contributed by atoms with Crippen molar-refractivity contribution in [1.82, 2.24) is 10.6 Å². The molecular formula is C12H16N2O2. The van der Waals surface area contributed by atoms with Crippen LogP contribution >= 0.6 is 0 Å². The second-order valence-electron chi connectivity index (χ2n) is 4.27. The predicted molar refractivity (Wildman–Crippen MR) is 61.4 cm³/mol. The van der Waals surface area contributed by atoms with Gasteiger partial charge in [-0.3, -0.25) is 0 Å². The topological polar surface area (TPSA) is 61.4 Å². The molecule has 0 spiro atoms. The maximum Gasteiger partial charge on any atom is 0.405 e. The number of carbonyl (C=O) groups is 1. The smallest absolute Gasteiger partial charge is 0.405 e. The number of hydrogen-bond acceptors (Lipinski definition) is 2. The molecule has 86 valence electrons. The Morgan fingerprint density at radius 1 is 1.38 bits per heavy atom. The molecule has 0 unspecified atom stereocenters. The van der Waals surface area contributed by atoms with E-state index in [1.807, 2.05) is 37.4 Å². The van der Waals surface area contributed by atoms with Gasteiger partial charge in [0, 0.05) is 6.04 Å². The molecule has 1 aliphatic carbocycles. The summed E-state index contributed by atoms with van der Waals surface area (Å²) in [5.41, 5.74) is 0.643. The van der Waals surface area contributed by atoms with Gasteiger partial charge >= 0.3 is 6.09 Å². The van der Waals surface area contributed by atoms with Crippen LogP contribution in [0.15, 0.2) is 30.3 Å². The highest BCUT2D eigenvalue weighted by Crippen LogP contribution is 2.41. The van der Waals surface area contributed by atoms with Crippen molar-refractivity contribution in [3.05, 3.63) is 35.9 Å². The normalized spacial score (nSPS) is 28.2. The summed E-state index contributed by atoms with van der Waals surface area (Å²) in [5.74, 6) is 0.